The second kappa shape index (κ2) is 7.71. The molecule has 0 radical (unpaired) electrons. The first-order valence-electron chi connectivity index (χ1n) is 10.6. The minimum absolute atomic E-state index is 0.131. The number of anilines is 1. The Morgan fingerprint density at radius 3 is 2.55 bits per heavy atom. The molecule has 158 valence electrons. The van der Waals surface area contributed by atoms with Crippen LogP contribution in [0, 0.1) is 5.82 Å². The second-order valence-corrected chi connectivity index (χ2v) is 8.29. The number of hydrogen-bond acceptors (Lipinski definition) is 3. The van der Waals surface area contributed by atoms with Crippen LogP contribution in [0.15, 0.2) is 54.6 Å². The van der Waals surface area contributed by atoms with Crippen LogP contribution in [0.5, 0.6) is 0 Å². The molecule has 0 saturated carbocycles. The molecule has 31 heavy (non-hydrogen) atoms. The molecule has 1 amide bonds. The molecule has 1 fully saturated rings. The summed E-state index contributed by atoms with van der Waals surface area (Å²) < 4.78 is 14.7. The fourth-order valence-electron chi connectivity index (χ4n) is 4.56. The zero-order chi connectivity index (χ0) is 21.5. The minimum atomic E-state index is -0.392. The molecule has 3 aromatic carbocycles. The Morgan fingerprint density at radius 2 is 1.81 bits per heavy atom. The molecule has 4 aromatic rings. The number of aromatic nitrogens is 1. The van der Waals surface area contributed by atoms with Crippen LogP contribution >= 0.6 is 0 Å². The Morgan fingerprint density at radius 1 is 1.03 bits per heavy atom. The standard InChI is InChI=1S/C25H25FN4O/c1-29-10-12-30(13-11-29)17-7-9-20-22(15-17)28-25-16(14-23(27)31)6-8-19(24(20)25)18-4-2-3-5-21(18)26/h2-9,15,28H,10-14H2,1H3,(H2,27,31). The lowest BCUT2D eigenvalue weighted by atomic mass is 9.95. The van der Waals surface area contributed by atoms with Crippen LogP contribution in [0.4, 0.5) is 10.1 Å². The van der Waals surface area contributed by atoms with E-state index in [9.17, 15) is 9.18 Å². The summed E-state index contributed by atoms with van der Waals surface area (Å²) in [5, 5.41) is 1.93. The number of carbonyl (C=O) groups excluding carboxylic acids is 1. The number of carbonyl (C=O) groups is 1. The van der Waals surface area contributed by atoms with Crippen molar-refractivity contribution in [2.24, 2.45) is 5.73 Å². The Bertz CT molecular complexity index is 1290. The van der Waals surface area contributed by atoms with Crippen molar-refractivity contribution in [3.63, 3.8) is 0 Å². The number of amides is 1. The first-order valence-corrected chi connectivity index (χ1v) is 10.6. The SMILES string of the molecule is CN1CCN(c2ccc3c(c2)[nH]c2c(CC(N)=O)ccc(-c4ccccc4F)c23)CC1. The number of hydrogen-bond donors (Lipinski definition) is 2. The minimum Gasteiger partial charge on any atom is -0.369 e. The molecular weight excluding hydrogens is 391 g/mol. The van der Waals surface area contributed by atoms with Crippen molar-refractivity contribution in [2.75, 3.05) is 38.1 Å². The van der Waals surface area contributed by atoms with E-state index in [1.807, 2.05) is 18.2 Å². The van der Waals surface area contributed by atoms with Gasteiger partial charge in [-0.3, -0.25) is 4.79 Å². The van der Waals surface area contributed by atoms with Gasteiger partial charge >= 0.3 is 0 Å². The van der Waals surface area contributed by atoms with Crippen molar-refractivity contribution in [3.8, 4) is 11.1 Å². The van der Waals surface area contributed by atoms with Crippen molar-refractivity contribution in [3.05, 3.63) is 66.0 Å². The molecule has 0 atom stereocenters. The van der Waals surface area contributed by atoms with Crippen molar-refractivity contribution in [1.29, 1.82) is 0 Å². The normalized spacial score (nSPS) is 15.1. The van der Waals surface area contributed by atoms with Crippen LogP contribution in [0.1, 0.15) is 5.56 Å². The van der Waals surface area contributed by atoms with E-state index in [2.05, 4.69) is 40.0 Å². The third-order valence-electron chi connectivity index (χ3n) is 6.22. The van der Waals surface area contributed by atoms with Gasteiger partial charge in [0.05, 0.1) is 11.9 Å². The number of nitrogens with zero attached hydrogens (tertiary/aromatic N) is 2. The van der Waals surface area contributed by atoms with Gasteiger partial charge in [-0.1, -0.05) is 36.4 Å². The lowest BCUT2D eigenvalue weighted by Crippen LogP contribution is -2.44. The van der Waals surface area contributed by atoms with Gasteiger partial charge in [-0.25, -0.2) is 4.39 Å². The Balaban J connectivity index is 1.71. The van der Waals surface area contributed by atoms with Gasteiger partial charge in [0.2, 0.25) is 5.91 Å². The van der Waals surface area contributed by atoms with Crippen LogP contribution in [-0.2, 0) is 11.2 Å². The third-order valence-corrected chi connectivity index (χ3v) is 6.22. The fraction of sp³-hybridized carbons (Fsp3) is 0.240. The molecule has 0 bridgehead atoms. The maximum absolute atomic E-state index is 14.7. The van der Waals surface area contributed by atoms with E-state index in [1.54, 1.807) is 12.1 Å². The van der Waals surface area contributed by atoms with Gasteiger partial charge in [0.25, 0.3) is 0 Å². The zero-order valence-corrected chi connectivity index (χ0v) is 17.5. The van der Waals surface area contributed by atoms with E-state index in [0.29, 0.717) is 5.56 Å². The number of nitrogens with one attached hydrogen (secondary N) is 1. The maximum Gasteiger partial charge on any atom is 0.221 e. The largest absolute Gasteiger partial charge is 0.369 e. The number of H-pyrrole nitrogens is 1. The molecule has 1 aliphatic heterocycles. The number of primary amides is 1. The average molecular weight is 417 g/mol. The summed E-state index contributed by atoms with van der Waals surface area (Å²) in [5.41, 5.74) is 10.6. The van der Waals surface area contributed by atoms with Crippen molar-refractivity contribution >= 4 is 33.4 Å². The highest BCUT2D eigenvalue weighted by molar-refractivity contribution is 6.16. The topological polar surface area (TPSA) is 65.4 Å². The number of nitrogens with two attached hydrogens (primary N) is 1. The smallest absolute Gasteiger partial charge is 0.221 e. The quantitative estimate of drug-likeness (QED) is 0.530. The van der Waals surface area contributed by atoms with E-state index < -0.39 is 5.91 Å². The monoisotopic (exact) mass is 416 g/mol. The van der Waals surface area contributed by atoms with E-state index in [1.165, 1.54) is 6.07 Å². The van der Waals surface area contributed by atoms with Gasteiger partial charge in [0.15, 0.2) is 0 Å². The number of aromatic amines is 1. The summed E-state index contributed by atoms with van der Waals surface area (Å²) in [5.74, 6) is -0.661. The molecule has 5 rings (SSSR count). The van der Waals surface area contributed by atoms with Crippen molar-refractivity contribution in [2.45, 2.75) is 6.42 Å². The Hall–Kier alpha value is -3.38. The number of halogens is 1. The molecule has 1 aliphatic rings. The molecular formula is C25H25FN4O. The molecule has 2 heterocycles. The predicted molar refractivity (Wildman–Crippen MR) is 124 cm³/mol. The average Bonchev–Trinajstić information content (AvgIpc) is 3.14. The van der Waals surface area contributed by atoms with Crippen LogP contribution in [0.25, 0.3) is 32.9 Å². The van der Waals surface area contributed by atoms with Gasteiger partial charge in [-0.2, -0.15) is 0 Å². The highest BCUT2D eigenvalue weighted by atomic mass is 19.1. The summed E-state index contributed by atoms with van der Waals surface area (Å²) in [4.78, 5) is 19.9. The van der Waals surface area contributed by atoms with Crippen molar-refractivity contribution in [1.82, 2.24) is 9.88 Å². The first kappa shape index (κ1) is 19.6. The number of fused-ring (bicyclic) bond motifs is 3. The summed E-state index contributed by atoms with van der Waals surface area (Å²) in [6.07, 6.45) is 0.131. The van der Waals surface area contributed by atoms with Crippen LogP contribution < -0.4 is 10.6 Å². The van der Waals surface area contributed by atoms with Crippen molar-refractivity contribution < 1.29 is 9.18 Å². The van der Waals surface area contributed by atoms with Crippen LogP contribution in [-0.4, -0.2) is 49.0 Å². The number of piperazine rings is 1. The molecule has 3 N–H and O–H groups in total. The summed E-state index contributed by atoms with van der Waals surface area (Å²) in [6.45, 7) is 4.03. The molecule has 0 aliphatic carbocycles. The zero-order valence-electron chi connectivity index (χ0n) is 17.5. The molecule has 6 heteroatoms. The molecule has 0 unspecified atom stereocenters. The number of likely N-dealkylation sites (N-methyl/N-ethyl adjacent to an activating group) is 1. The number of rotatable bonds is 4. The highest BCUT2D eigenvalue weighted by Crippen LogP contribution is 2.38. The lowest BCUT2D eigenvalue weighted by Gasteiger charge is -2.34. The Labute approximate surface area is 180 Å². The number of benzene rings is 3. The van der Waals surface area contributed by atoms with Crippen LogP contribution in [0.2, 0.25) is 0 Å². The molecule has 0 spiro atoms. The summed E-state index contributed by atoms with van der Waals surface area (Å²) in [6, 6.07) is 16.9. The van der Waals surface area contributed by atoms with Gasteiger partial charge in [0.1, 0.15) is 5.82 Å². The van der Waals surface area contributed by atoms with Gasteiger partial charge < -0.3 is 20.5 Å². The van der Waals surface area contributed by atoms with E-state index in [4.69, 9.17) is 5.73 Å². The highest BCUT2D eigenvalue weighted by Gasteiger charge is 2.19. The van der Waals surface area contributed by atoms with E-state index >= 15 is 0 Å². The molecule has 5 nitrogen and oxygen atoms in total. The molecule has 1 saturated heterocycles. The fourth-order valence-corrected chi connectivity index (χ4v) is 4.56. The van der Waals surface area contributed by atoms with Gasteiger partial charge in [-0.15, -0.1) is 0 Å². The maximum atomic E-state index is 14.7. The molecule has 1 aromatic heterocycles. The first-order chi connectivity index (χ1) is 15.0. The summed E-state index contributed by atoms with van der Waals surface area (Å²) in [7, 11) is 2.14. The van der Waals surface area contributed by atoms with Gasteiger partial charge in [0, 0.05) is 53.7 Å². The Kier molecular flexibility index (Phi) is 4.87. The van der Waals surface area contributed by atoms with E-state index in [-0.39, 0.29) is 12.2 Å². The summed E-state index contributed by atoms with van der Waals surface area (Å²) >= 11 is 0. The predicted octanol–water partition coefficient (Wildman–Crippen LogP) is 3.91. The third kappa shape index (κ3) is 3.53. The lowest BCUT2D eigenvalue weighted by molar-refractivity contribution is -0.117. The van der Waals surface area contributed by atoms with Gasteiger partial charge in [-0.05, 0) is 36.4 Å². The second-order valence-electron chi connectivity index (χ2n) is 8.29. The van der Waals surface area contributed by atoms with E-state index in [0.717, 1.165) is 64.8 Å². The van der Waals surface area contributed by atoms with Crippen LogP contribution in [0.3, 0.4) is 0 Å².